The molecule has 0 aliphatic carbocycles. The van der Waals surface area contributed by atoms with E-state index < -0.39 is 0 Å². The van der Waals surface area contributed by atoms with E-state index in [1.807, 2.05) is 18.2 Å². The maximum absolute atomic E-state index is 4.89. The summed E-state index contributed by atoms with van der Waals surface area (Å²) in [5.41, 5.74) is 4.85. The number of aryl methyl sites for hydroxylation is 1. The van der Waals surface area contributed by atoms with Crippen LogP contribution in [-0.4, -0.2) is 4.57 Å². The van der Waals surface area contributed by atoms with Gasteiger partial charge in [-0.15, -0.1) is 11.3 Å². The minimum Gasteiger partial charge on any atom is -0.316 e. The number of thiazole rings is 1. The molecule has 1 heterocycles. The lowest BCUT2D eigenvalue weighted by molar-refractivity contribution is 0.577. The van der Waals surface area contributed by atoms with Crippen molar-refractivity contribution in [1.82, 2.24) is 4.57 Å². The zero-order valence-electron chi connectivity index (χ0n) is 15.1. The molecule has 2 aromatic carbocycles. The van der Waals surface area contributed by atoms with Crippen molar-refractivity contribution in [2.75, 3.05) is 0 Å². The van der Waals surface area contributed by atoms with E-state index in [2.05, 4.69) is 60.2 Å². The highest BCUT2D eigenvalue weighted by atomic mass is 32.1. The first-order chi connectivity index (χ1) is 12.3. The van der Waals surface area contributed by atoms with E-state index in [-0.39, 0.29) is 0 Å². The molecule has 0 unspecified atom stereocenters. The molecule has 0 bridgehead atoms. The monoisotopic (exact) mass is 350 g/mol. The quantitative estimate of drug-likeness (QED) is 0.443. The zero-order valence-corrected chi connectivity index (χ0v) is 15.9. The lowest BCUT2D eigenvalue weighted by Crippen LogP contribution is -2.16. The summed E-state index contributed by atoms with van der Waals surface area (Å²) in [4.78, 5) is 5.97. The Hall–Kier alpha value is -2.13. The molecule has 0 saturated heterocycles. The van der Waals surface area contributed by atoms with Crippen molar-refractivity contribution in [2.24, 2.45) is 4.99 Å². The molecule has 0 spiro atoms. The molecule has 2 nitrogen and oxygen atoms in total. The van der Waals surface area contributed by atoms with Gasteiger partial charge in [0.15, 0.2) is 4.80 Å². The van der Waals surface area contributed by atoms with Crippen LogP contribution in [-0.2, 0) is 6.54 Å². The van der Waals surface area contributed by atoms with E-state index >= 15 is 0 Å². The second kappa shape index (κ2) is 8.82. The maximum Gasteiger partial charge on any atom is 0.190 e. The maximum atomic E-state index is 4.89. The normalized spacial score (nSPS) is 11.8. The van der Waals surface area contributed by atoms with Crippen molar-refractivity contribution in [3.05, 3.63) is 70.3 Å². The fourth-order valence-electron chi connectivity index (χ4n) is 2.90. The number of rotatable bonds is 7. The standard InChI is InChI=1S/C22H26N2S/c1-3-4-5-9-16-24-21(19-14-12-18(2)13-15-19)17-25-22(24)23-20-10-7-6-8-11-20/h6-8,10-15,17H,3-5,9,16H2,1-2H3. The first-order valence-corrected chi connectivity index (χ1v) is 10.0. The van der Waals surface area contributed by atoms with Crippen LogP contribution in [0.1, 0.15) is 38.2 Å². The van der Waals surface area contributed by atoms with E-state index in [1.165, 1.54) is 42.5 Å². The van der Waals surface area contributed by atoms with Crippen molar-refractivity contribution in [3.8, 4) is 11.3 Å². The molecule has 0 radical (unpaired) electrons. The van der Waals surface area contributed by atoms with Gasteiger partial charge in [-0.05, 0) is 31.0 Å². The van der Waals surface area contributed by atoms with Gasteiger partial charge in [0, 0.05) is 11.9 Å². The van der Waals surface area contributed by atoms with Gasteiger partial charge in [-0.25, -0.2) is 4.99 Å². The molecule has 0 N–H and O–H groups in total. The highest BCUT2D eigenvalue weighted by molar-refractivity contribution is 7.07. The highest BCUT2D eigenvalue weighted by Gasteiger charge is 2.08. The number of benzene rings is 2. The van der Waals surface area contributed by atoms with Crippen LogP contribution < -0.4 is 4.80 Å². The van der Waals surface area contributed by atoms with Gasteiger partial charge in [0.2, 0.25) is 0 Å². The van der Waals surface area contributed by atoms with Crippen LogP contribution in [0.4, 0.5) is 5.69 Å². The smallest absolute Gasteiger partial charge is 0.190 e. The SMILES string of the molecule is CCCCCCn1c(-c2ccc(C)cc2)csc1=Nc1ccccc1. The second-order valence-corrected chi connectivity index (χ2v) is 7.27. The molecule has 3 rings (SSSR count). The first kappa shape index (κ1) is 17.7. The van der Waals surface area contributed by atoms with Gasteiger partial charge in [0.25, 0.3) is 0 Å². The van der Waals surface area contributed by atoms with Crippen LogP contribution in [0.5, 0.6) is 0 Å². The summed E-state index contributed by atoms with van der Waals surface area (Å²) in [6.07, 6.45) is 5.04. The summed E-state index contributed by atoms with van der Waals surface area (Å²) in [7, 11) is 0. The number of nitrogens with zero attached hydrogens (tertiary/aromatic N) is 2. The first-order valence-electron chi connectivity index (χ1n) is 9.13. The Bertz CT molecular complexity index is 842. The van der Waals surface area contributed by atoms with Gasteiger partial charge in [-0.2, -0.15) is 0 Å². The Morgan fingerprint density at radius 1 is 0.920 bits per heavy atom. The predicted octanol–water partition coefficient (Wildman–Crippen LogP) is 6.34. The Morgan fingerprint density at radius 2 is 1.68 bits per heavy atom. The minimum atomic E-state index is 1.02. The average Bonchev–Trinajstić information content (AvgIpc) is 3.03. The van der Waals surface area contributed by atoms with Crippen molar-refractivity contribution in [2.45, 2.75) is 46.1 Å². The van der Waals surface area contributed by atoms with Crippen LogP contribution in [0, 0.1) is 6.92 Å². The van der Waals surface area contributed by atoms with Crippen LogP contribution in [0.15, 0.2) is 65.0 Å². The third kappa shape index (κ3) is 4.70. The highest BCUT2D eigenvalue weighted by Crippen LogP contribution is 2.22. The summed E-state index contributed by atoms with van der Waals surface area (Å²) >= 11 is 1.73. The molecule has 1 aromatic heterocycles. The van der Waals surface area contributed by atoms with Crippen LogP contribution in [0.2, 0.25) is 0 Å². The molecule has 0 aliphatic rings. The number of hydrogen-bond donors (Lipinski definition) is 0. The second-order valence-electron chi connectivity index (χ2n) is 6.43. The number of para-hydroxylation sites is 1. The Labute approximate surface area is 154 Å². The van der Waals surface area contributed by atoms with Crippen LogP contribution >= 0.6 is 11.3 Å². The van der Waals surface area contributed by atoms with Gasteiger partial charge in [-0.3, -0.25) is 0 Å². The van der Waals surface area contributed by atoms with E-state index in [4.69, 9.17) is 4.99 Å². The van der Waals surface area contributed by atoms with Gasteiger partial charge >= 0.3 is 0 Å². The molecule has 0 atom stereocenters. The lowest BCUT2D eigenvalue weighted by Gasteiger charge is -2.09. The van der Waals surface area contributed by atoms with Gasteiger partial charge in [-0.1, -0.05) is 74.2 Å². The fraction of sp³-hybridized carbons (Fsp3) is 0.318. The molecule has 0 fully saturated rings. The molecule has 0 saturated carbocycles. The van der Waals surface area contributed by atoms with Crippen molar-refractivity contribution >= 4 is 17.0 Å². The largest absolute Gasteiger partial charge is 0.316 e. The number of unbranched alkanes of at least 4 members (excludes halogenated alkanes) is 3. The number of hydrogen-bond acceptors (Lipinski definition) is 2. The molecule has 0 aliphatic heterocycles. The van der Waals surface area contributed by atoms with Gasteiger partial charge in [0.1, 0.15) is 0 Å². The summed E-state index contributed by atoms with van der Waals surface area (Å²) in [5, 5.41) is 2.24. The lowest BCUT2D eigenvalue weighted by atomic mass is 10.1. The molecular formula is C22H26N2S. The Balaban J connectivity index is 1.97. The Morgan fingerprint density at radius 3 is 2.40 bits per heavy atom. The van der Waals surface area contributed by atoms with E-state index in [9.17, 15) is 0 Å². The molecule has 130 valence electrons. The van der Waals surface area contributed by atoms with Gasteiger partial charge in [0.05, 0.1) is 11.4 Å². The molecule has 3 aromatic rings. The molecule has 3 heteroatoms. The summed E-state index contributed by atoms with van der Waals surface area (Å²) < 4.78 is 2.39. The van der Waals surface area contributed by atoms with Crippen LogP contribution in [0.3, 0.4) is 0 Å². The third-order valence-electron chi connectivity index (χ3n) is 4.36. The third-order valence-corrected chi connectivity index (χ3v) is 5.22. The van der Waals surface area contributed by atoms with E-state index in [0.29, 0.717) is 0 Å². The zero-order chi connectivity index (χ0) is 17.5. The minimum absolute atomic E-state index is 1.02. The van der Waals surface area contributed by atoms with Crippen LogP contribution in [0.25, 0.3) is 11.3 Å². The van der Waals surface area contributed by atoms with E-state index in [0.717, 1.165) is 17.0 Å². The topological polar surface area (TPSA) is 17.3 Å². The molecule has 0 amide bonds. The summed E-state index contributed by atoms with van der Waals surface area (Å²) in [6, 6.07) is 19.0. The summed E-state index contributed by atoms with van der Waals surface area (Å²) in [6.45, 7) is 5.41. The molecular weight excluding hydrogens is 324 g/mol. The van der Waals surface area contributed by atoms with Crippen molar-refractivity contribution in [3.63, 3.8) is 0 Å². The fourth-order valence-corrected chi connectivity index (χ4v) is 3.85. The molecule has 25 heavy (non-hydrogen) atoms. The Kier molecular flexibility index (Phi) is 6.24. The predicted molar refractivity (Wildman–Crippen MR) is 108 cm³/mol. The summed E-state index contributed by atoms with van der Waals surface area (Å²) in [5.74, 6) is 0. The average molecular weight is 351 g/mol. The van der Waals surface area contributed by atoms with E-state index in [1.54, 1.807) is 11.3 Å². The van der Waals surface area contributed by atoms with Crippen molar-refractivity contribution < 1.29 is 0 Å². The van der Waals surface area contributed by atoms with Gasteiger partial charge < -0.3 is 4.57 Å². The van der Waals surface area contributed by atoms with Crippen molar-refractivity contribution in [1.29, 1.82) is 0 Å². The number of aromatic nitrogens is 1.